The molecule has 0 saturated heterocycles. The Bertz CT molecular complexity index is 824. The minimum Gasteiger partial charge on any atom is -0.465 e. The molecule has 7 heteroatoms. The molecule has 2 heterocycles. The second-order valence-corrected chi connectivity index (χ2v) is 6.66. The molecule has 7 nitrogen and oxygen atoms in total. The SMILES string of the molecule is CC/C=C1\Nc2ncnn2[C@H](c2ccc(N(CC)CC)cc2)[C@H]1C(=O)OCC. The lowest BCUT2D eigenvalue weighted by Gasteiger charge is -2.34. The molecule has 3 rings (SSSR count). The molecular formula is C21H29N5O2. The Morgan fingerprint density at radius 3 is 2.54 bits per heavy atom. The summed E-state index contributed by atoms with van der Waals surface area (Å²) in [5.74, 6) is -0.111. The summed E-state index contributed by atoms with van der Waals surface area (Å²) < 4.78 is 7.19. The highest BCUT2D eigenvalue weighted by molar-refractivity contribution is 5.79. The molecular weight excluding hydrogens is 354 g/mol. The quantitative estimate of drug-likeness (QED) is 0.737. The van der Waals surface area contributed by atoms with E-state index in [1.165, 1.54) is 12.0 Å². The normalized spacial score (nSPS) is 19.8. The molecule has 0 aliphatic carbocycles. The van der Waals surface area contributed by atoms with Crippen molar-refractivity contribution in [1.29, 1.82) is 0 Å². The fraction of sp³-hybridized carbons (Fsp3) is 0.476. The minimum atomic E-state index is -0.492. The van der Waals surface area contributed by atoms with Crippen molar-refractivity contribution in [3.8, 4) is 0 Å². The van der Waals surface area contributed by atoms with Crippen molar-refractivity contribution in [3.63, 3.8) is 0 Å². The fourth-order valence-electron chi connectivity index (χ4n) is 3.75. The van der Waals surface area contributed by atoms with Crippen LogP contribution in [0.25, 0.3) is 0 Å². The molecule has 1 aliphatic heterocycles. The summed E-state index contributed by atoms with van der Waals surface area (Å²) in [7, 11) is 0. The van der Waals surface area contributed by atoms with Gasteiger partial charge < -0.3 is 15.0 Å². The van der Waals surface area contributed by atoms with Gasteiger partial charge in [0.15, 0.2) is 0 Å². The average molecular weight is 383 g/mol. The molecule has 0 fully saturated rings. The summed E-state index contributed by atoms with van der Waals surface area (Å²) in [4.78, 5) is 19.5. The zero-order valence-corrected chi connectivity index (χ0v) is 17.1. The van der Waals surface area contributed by atoms with Crippen molar-refractivity contribution in [2.75, 3.05) is 29.9 Å². The molecule has 1 aliphatic rings. The van der Waals surface area contributed by atoms with Gasteiger partial charge in [0.25, 0.3) is 0 Å². The Labute approximate surface area is 166 Å². The number of fused-ring (bicyclic) bond motifs is 1. The van der Waals surface area contributed by atoms with Gasteiger partial charge in [-0.3, -0.25) is 4.79 Å². The van der Waals surface area contributed by atoms with Gasteiger partial charge in [0.05, 0.1) is 12.6 Å². The number of anilines is 2. The van der Waals surface area contributed by atoms with Gasteiger partial charge in [-0.15, -0.1) is 0 Å². The molecule has 1 aromatic heterocycles. The first-order valence-electron chi connectivity index (χ1n) is 10.0. The number of nitrogens with one attached hydrogen (secondary N) is 1. The zero-order chi connectivity index (χ0) is 20.1. The molecule has 0 bridgehead atoms. The Hall–Kier alpha value is -2.83. The number of carbonyl (C=O) groups is 1. The summed E-state index contributed by atoms with van der Waals surface area (Å²) >= 11 is 0. The van der Waals surface area contributed by atoms with Crippen LogP contribution in [0.2, 0.25) is 0 Å². The lowest BCUT2D eigenvalue weighted by atomic mass is 9.88. The van der Waals surface area contributed by atoms with Crippen molar-refractivity contribution < 1.29 is 9.53 Å². The number of hydrogen-bond donors (Lipinski definition) is 1. The smallest absolute Gasteiger partial charge is 0.317 e. The summed E-state index contributed by atoms with van der Waals surface area (Å²) in [5, 5.41) is 7.65. The molecule has 0 amide bonds. The van der Waals surface area contributed by atoms with E-state index in [9.17, 15) is 4.79 Å². The second kappa shape index (κ2) is 8.91. The first kappa shape index (κ1) is 19.9. The molecule has 2 atom stereocenters. The van der Waals surface area contributed by atoms with Gasteiger partial charge in [-0.25, -0.2) is 4.68 Å². The topological polar surface area (TPSA) is 72.3 Å². The highest BCUT2D eigenvalue weighted by atomic mass is 16.5. The van der Waals surface area contributed by atoms with E-state index in [2.05, 4.69) is 58.4 Å². The lowest BCUT2D eigenvalue weighted by Crippen LogP contribution is -2.38. The van der Waals surface area contributed by atoms with E-state index in [-0.39, 0.29) is 12.0 Å². The van der Waals surface area contributed by atoms with E-state index < -0.39 is 5.92 Å². The first-order chi connectivity index (χ1) is 13.6. The standard InChI is InChI=1S/C21H29N5O2/c1-5-9-17-18(20(27)28-8-4)19(26-21(24-17)22-14-23-26)15-10-12-16(13-11-15)25(6-2)7-3/h9-14,18-19H,5-8H2,1-4H3,(H,22,23,24)/b17-9-/t18-,19+/m0/s1. The maximum absolute atomic E-state index is 12.9. The van der Waals surface area contributed by atoms with Crippen molar-refractivity contribution in [2.24, 2.45) is 5.92 Å². The Morgan fingerprint density at radius 2 is 1.93 bits per heavy atom. The number of esters is 1. The summed E-state index contributed by atoms with van der Waals surface area (Å²) in [5.41, 5.74) is 2.99. The van der Waals surface area contributed by atoms with Crippen molar-refractivity contribution in [3.05, 3.63) is 47.9 Å². The van der Waals surface area contributed by atoms with Gasteiger partial charge >= 0.3 is 5.97 Å². The zero-order valence-electron chi connectivity index (χ0n) is 17.1. The van der Waals surface area contributed by atoms with Crippen LogP contribution in [-0.2, 0) is 9.53 Å². The van der Waals surface area contributed by atoms with Crippen LogP contribution in [0, 0.1) is 5.92 Å². The van der Waals surface area contributed by atoms with Crippen molar-refractivity contribution in [2.45, 2.75) is 40.2 Å². The number of nitrogens with zero attached hydrogens (tertiary/aromatic N) is 4. The van der Waals surface area contributed by atoms with Crippen LogP contribution < -0.4 is 10.2 Å². The van der Waals surface area contributed by atoms with Gasteiger partial charge in [0, 0.05) is 24.5 Å². The van der Waals surface area contributed by atoms with Crippen LogP contribution >= 0.6 is 0 Å². The molecule has 0 spiro atoms. The second-order valence-electron chi connectivity index (χ2n) is 6.66. The Kier molecular flexibility index (Phi) is 6.34. The molecule has 1 N–H and O–H groups in total. The third-order valence-electron chi connectivity index (χ3n) is 5.07. The van der Waals surface area contributed by atoms with Gasteiger partial charge in [0.1, 0.15) is 12.2 Å². The van der Waals surface area contributed by atoms with Crippen molar-refractivity contribution >= 4 is 17.6 Å². The molecule has 1 aromatic carbocycles. The van der Waals surface area contributed by atoms with E-state index in [0.29, 0.717) is 12.6 Å². The number of aromatic nitrogens is 3. The Balaban J connectivity index is 2.06. The van der Waals surface area contributed by atoms with Crippen LogP contribution in [0.3, 0.4) is 0 Å². The summed E-state index contributed by atoms with van der Waals surface area (Å²) in [6.45, 7) is 10.4. The van der Waals surface area contributed by atoms with Crippen LogP contribution in [0.4, 0.5) is 11.6 Å². The maximum Gasteiger partial charge on any atom is 0.317 e. The van der Waals surface area contributed by atoms with Gasteiger partial charge in [-0.05, 0) is 44.9 Å². The van der Waals surface area contributed by atoms with E-state index in [1.807, 2.05) is 19.9 Å². The predicted molar refractivity (Wildman–Crippen MR) is 110 cm³/mol. The van der Waals surface area contributed by atoms with Gasteiger partial charge in [-0.2, -0.15) is 10.1 Å². The van der Waals surface area contributed by atoms with Crippen LogP contribution in [0.15, 0.2) is 42.4 Å². The number of ether oxygens (including phenoxy) is 1. The van der Waals surface area contributed by atoms with Crippen LogP contribution in [0.5, 0.6) is 0 Å². The Morgan fingerprint density at radius 1 is 1.21 bits per heavy atom. The molecule has 0 radical (unpaired) electrons. The van der Waals surface area contributed by atoms with E-state index >= 15 is 0 Å². The number of hydrogen-bond acceptors (Lipinski definition) is 6. The molecule has 0 unspecified atom stereocenters. The average Bonchev–Trinajstić information content (AvgIpc) is 3.17. The maximum atomic E-state index is 12.9. The highest BCUT2D eigenvalue weighted by Gasteiger charge is 2.41. The molecule has 0 saturated carbocycles. The first-order valence-corrected chi connectivity index (χ1v) is 10.0. The summed E-state index contributed by atoms with van der Waals surface area (Å²) in [6.07, 6.45) is 4.34. The molecule has 150 valence electrons. The highest BCUT2D eigenvalue weighted by Crippen LogP contribution is 2.39. The fourth-order valence-corrected chi connectivity index (χ4v) is 3.75. The van der Waals surface area contributed by atoms with Crippen LogP contribution in [-0.4, -0.2) is 40.4 Å². The lowest BCUT2D eigenvalue weighted by molar-refractivity contribution is -0.147. The number of carbonyl (C=O) groups excluding carboxylic acids is 1. The minimum absolute atomic E-state index is 0.256. The van der Waals surface area contributed by atoms with Crippen molar-refractivity contribution in [1.82, 2.24) is 14.8 Å². The largest absolute Gasteiger partial charge is 0.465 e. The molecule has 2 aromatic rings. The third-order valence-corrected chi connectivity index (χ3v) is 5.07. The molecule has 28 heavy (non-hydrogen) atoms. The summed E-state index contributed by atoms with van der Waals surface area (Å²) in [6, 6.07) is 8.05. The van der Waals surface area contributed by atoms with Crippen LogP contribution in [0.1, 0.15) is 45.7 Å². The monoisotopic (exact) mass is 383 g/mol. The number of rotatable bonds is 7. The van der Waals surface area contributed by atoms with Gasteiger partial charge in [-0.1, -0.05) is 25.1 Å². The third kappa shape index (κ3) is 3.74. The number of allylic oxidation sites excluding steroid dienone is 1. The predicted octanol–water partition coefficient (Wildman–Crippen LogP) is 3.61. The van der Waals surface area contributed by atoms with E-state index in [4.69, 9.17) is 4.74 Å². The van der Waals surface area contributed by atoms with E-state index in [0.717, 1.165) is 30.8 Å². The van der Waals surface area contributed by atoms with Gasteiger partial charge in [0.2, 0.25) is 5.95 Å². The number of benzene rings is 1. The van der Waals surface area contributed by atoms with E-state index in [1.54, 1.807) is 4.68 Å².